The molecule has 1 fully saturated rings. The average Bonchev–Trinajstić information content (AvgIpc) is 3.29. The van der Waals surface area contributed by atoms with Crippen molar-refractivity contribution in [2.24, 2.45) is 4.99 Å². The number of fused-ring (bicyclic) bond motifs is 1. The zero-order valence-electron chi connectivity index (χ0n) is 17.6. The first-order chi connectivity index (χ1) is 15.0. The Hall–Kier alpha value is -2.91. The van der Waals surface area contributed by atoms with E-state index in [0.717, 1.165) is 18.9 Å². The number of aromatic nitrogens is 1. The Balaban J connectivity index is 1.28. The van der Waals surface area contributed by atoms with Gasteiger partial charge in [0.1, 0.15) is 12.0 Å². The summed E-state index contributed by atoms with van der Waals surface area (Å²) in [5.41, 5.74) is 1.69. The van der Waals surface area contributed by atoms with Crippen LogP contribution in [0.2, 0.25) is 0 Å². The highest BCUT2D eigenvalue weighted by atomic mass is 32.2. The first-order valence-electron chi connectivity index (χ1n) is 10.4. The number of hydrogen-bond acceptors (Lipinski definition) is 5. The molecule has 164 valence electrons. The van der Waals surface area contributed by atoms with Gasteiger partial charge in [-0.2, -0.15) is 4.31 Å². The molecule has 31 heavy (non-hydrogen) atoms. The molecule has 2 aromatic carbocycles. The monoisotopic (exact) mass is 441 g/mol. The Morgan fingerprint density at radius 1 is 1.10 bits per heavy atom. The third-order valence-corrected chi connectivity index (χ3v) is 7.29. The summed E-state index contributed by atoms with van der Waals surface area (Å²) in [6.45, 7) is 2.79. The van der Waals surface area contributed by atoms with Crippen LogP contribution < -0.4 is 5.32 Å². The molecule has 0 atom stereocenters. The third-order valence-electron chi connectivity index (χ3n) is 5.48. The summed E-state index contributed by atoms with van der Waals surface area (Å²) >= 11 is 0. The average molecular weight is 442 g/mol. The molecule has 0 spiro atoms. The highest BCUT2D eigenvalue weighted by Gasteiger charge is 2.28. The fraction of sp³-hybridized carbons (Fsp3) is 0.364. The Kier molecular flexibility index (Phi) is 6.53. The minimum absolute atomic E-state index is 0.137. The van der Waals surface area contributed by atoms with Gasteiger partial charge in [-0.3, -0.25) is 4.99 Å². The molecule has 8 nitrogen and oxygen atoms in total. The smallest absolute Gasteiger partial charge is 0.220 e. The Labute approximate surface area is 182 Å². The van der Waals surface area contributed by atoms with Crippen LogP contribution in [-0.4, -0.2) is 68.5 Å². The van der Waals surface area contributed by atoms with Crippen molar-refractivity contribution < 1.29 is 12.9 Å². The van der Waals surface area contributed by atoms with Gasteiger partial charge in [0.05, 0.1) is 5.69 Å². The maximum atomic E-state index is 12.6. The van der Waals surface area contributed by atoms with Crippen LogP contribution in [0.4, 0.5) is 0 Å². The Morgan fingerprint density at radius 2 is 1.87 bits per heavy atom. The molecule has 0 aliphatic carbocycles. The van der Waals surface area contributed by atoms with Gasteiger partial charge in [0.2, 0.25) is 10.0 Å². The van der Waals surface area contributed by atoms with E-state index in [0.29, 0.717) is 31.9 Å². The lowest BCUT2D eigenvalue weighted by molar-refractivity contribution is 0.260. The van der Waals surface area contributed by atoms with Crippen LogP contribution in [0, 0.1) is 0 Å². The molecule has 0 bridgehead atoms. The second-order valence-electron chi connectivity index (χ2n) is 7.54. The van der Waals surface area contributed by atoms with Gasteiger partial charge in [0.15, 0.2) is 5.96 Å². The van der Waals surface area contributed by atoms with Crippen LogP contribution >= 0.6 is 0 Å². The molecule has 1 N–H and O–H groups in total. The van der Waals surface area contributed by atoms with Gasteiger partial charge in [0, 0.05) is 45.8 Å². The molecular formula is C22H27N5O3S. The summed E-state index contributed by atoms with van der Waals surface area (Å²) < 4.78 is 31.5. The molecule has 4 rings (SSSR count). The zero-order valence-corrected chi connectivity index (χ0v) is 18.4. The highest BCUT2D eigenvalue weighted by Crippen LogP contribution is 2.16. The maximum absolute atomic E-state index is 12.6. The van der Waals surface area contributed by atoms with Gasteiger partial charge in [0.25, 0.3) is 0 Å². The lowest BCUT2D eigenvalue weighted by atomic mass is 10.1. The molecule has 1 aliphatic rings. The summed E-state index contributed by atoms with van der Waals surface area (Å²) in [5, 5.41) is 9.60. The van der Waals surface area contributed by atoms with Crippen molar-refractivity contribution >= 4 is 26.8 Å². The third kappa shape index (κ3) is 5.23. The minimum Gasteiger partial charge on any atom is -0.364 e. The second kappa shape index (κ2) is 9.49. The first kappa shape index (κ1) is 21.3. The molecule has 0 radical (unpaired) electrons. The van der Waals surface area contributed by atoms with E-state index >= 15 is 0 Å². The highest BCUT2D eigenvalue weighted by molar-refractivity contribution is 7.88. The van der Waals surface area contributed by atoms with Crippen LogP contribution in [0.15, 0.2) is 64.3 Å². The van der Waals surface area contributed by atoms with Crippen LogP contribution in [-0.2, 0) is 22.2 Å². The fourth-order valence-electron chi connectivity index (χ4n) is 3.81. The van der Waals surface area contributed by atoms with Gasteiger partial charge in [-0.25, -0.2) is 8.42 Å². The van der Waals surface area contributed by atoms with E-state index < -0.39 is 10.0 Å². The van der Waals surface area contributed by atoms with Crippen molar-refractivity contribution in [1.29, 1.82) is 0 Å². The van der Waals surface area contributed by atoms with E-state index in [1.165, 1.54) is 26.9 Å². The van der Waals surface area contributed by atoms with Gasteiger partial charge < -0.3 is 14.7 Å². The standard InChI is InChI=1S/C22H27N5O3S/c1-23-22(24-10-8-18-6-7-19-4-2-3-5-20(19)16-18)26-11-13-27(14-12-26)31(28,29)17-21-9-15-30-25-21/h2-7,9,15-16H,8,10-14,17H2,1H3,(H,23,24). The molecular weight excluding hydrogens is 414 g/mol. The first-order valence-corrected chi connectivity index (χ1v) is 12.0. The van der Waals surface area contributed by atoms with Gasteiger partial charge >= 0.3 is 0 Å². The molecule has 0 amide bonds. The fourth-order valence-corrected chi connectivity index (χ4v) is 5.24. The summed E-state index contributed by atoms with van der Waals surface area (Å²) in [6, 6.07) is 16.5. The van der Waals surface area contributed by atoms with Gasteiger partial charge in [-0.15, -0.1) is 0 Å². The molecule has 0 saturated carbocycles. The van der Waals surface area contributed by atoms with Crippen LogP contribution in [0.3, 0.4) is 0 Å². The molecule has 9 heteroatoms. The predicted octanol–water partition coefficient (Wildman–Crippen LogP) is 2.09. The van der Waals surface area contributed by atoms with E-state index in [1.54, 1.807) is 13.1 Å². The number of rotatable bonds is 6. The Bertz CT molecular complexity index is 1140. The summed E-state index contributed by atoms with van der Waals surface area (Å²) in [4.78, 5) is 6.48. The van der Waals surface area contributed by atoms with Crippen LogP contribution in [0.5, 0.6) is 0 Å². The number of nitrogens with one attached hydrogen (secondary N) is 1. The Morgan fingerprint density at radius 3 is 2.58 bits per heavy atom. The van der Waals surface area contributed by atoms with Crippen LogP contribution in [0.1, 0.15) is 11.3 Å². The van der Waals surface area contributed by atoms with Crippen molar-refractivity contribution in [1.82, 2.24) is 19.7 Å². The number of piperazine rings is 1. The van der Waals surface area contributed by atoms with Gasteiger partial charge in [-0.1, -0.05) is 47.6 Å². The van der Waals surface area contributed by atoms with Gasteiger partial charge in [-0.05, 0) is 22.8 Å². The lowest BCUT2D eigenvalue weighted by Gasteiger charge is -2.35. The largest absolute Gasteiger partial charge is 0.364 e. The van der Waals surface area contributed by atoms with E-state index in [2.05, 4.69) is 56.8 Å². The van der Waals surface area contributed by atoms with Crippen molar-refractivity contribution in [3.63, 3.8) is 0 Å². The molecule has 3 aromatic rings. The number of aliphatic imine (C=N–C) groups is 1. The summed E-state index contributed by atoms with van der Waals surface area (Å²) in [5.74, 6) is 0.664. The molecule has 1 aliphatic heterocycles. The summed E-state index contributed by atoms with van der Waals surface area (Å²) in [6.07, 6.45) is 2.27. The number of nitrogens with zero attached hydrogens (tertiary/aromatic N) is 4. The quantitative estimate of drug-likeness (QED) is 0.465. The lowest BCUT2D eigenvalue weighted by Crippen LogP contribution is -2.54. The van der Waals surface area contributed by atoms with Crippen molar-refractivity contribution in [3.8, 4) is 0 Å². The maximum Gasteiger partial charge on any atom is 0.220 e. The van der Waals surface area contributed by atoms with Crippen LogP contribution in [0.25, 0.3) is 10.8 Å². The number of hydrogen-bond donors (Lipinski definition) is 1. The van der Waals surface area contributed by atoms with E-state index in [1.807, 2.05) is 6.07 Å². The molecule has 0 unspecified atom stereocenters. The SMILES string of the molecule is CN=C(NCCc1ccc2ccccc2c1)N1CCN(S(=O)(=O)Cc2ccon2)CC1. The number of guanidine groups is 1. The second-order valence-corrected chi connectivity index (χ2v) is 9.51. The van der Waals surface area contributed by atoms with Crippen molar-refractivity contribution in [2.75, 3.05) is 39.8 Å². The normalized spacial score (nSPS) is 16.0. The topological polar surface area (TPSA) is 91.0 Å². The predicted molar refractivity (Wildman–Crippen MR) is 121 cm³/mol. The molecule has 1 saturated heterocycles. The van der Waals surface area contributed by atoms with E-state index in [-0.39, 0.29) is 5.75 Å². The van der Waals surface area contributed by atoms with E-state index in [4.69, 9.17) is 4.52 Å². The number of benzene rings is 2. The van der Waals surface area contributed by atoms with Crippen molar-refractivity contribution in [2.45, 2.75) is 12.2 Å². The number of sulfonamides is 1. The minimum atomic E-state index is -3.41. The zero-order chi connectivity index (χ0) is 21.7. The molecule has 1 aromatic heterocycles. The van der Waals surface area contributed by atoms with Crippen molar-refractivity contribution in [3.05, 3.63) is 66.1 Å². The summed E-state index contributed by atoms with van der Waals surface area (Å²) in [7, 11) is -1.65. The van der Waals surface area contributed by atoms with E-state index in [9.17, 15) is 8.42 Å². The molecule has 2 heterocycles.